The molecule has 1 unspecified atom stereocenters. The number of hydrogen-bond acceptors (Lipinski definition) is 6. The molecule has 0 aliphatic rings. The highest BCUT2D eigenvalue weighted by Gasteiger charge is 2.33. The molecule has 8 nitrogen and oxygen atoms in total. The molecule has 2 rings (SSSR count). The van der Waals surface area contributed by atoms with Gasteiger partial charge in [0, 0.05) is 24.8 Å². The van der Waals surface area contributed by atoms with E-state index in [-0.39, 0.29) is 41.4 Å². The lowest BCUT2D eigenvalue weighted by Gasteiger charge is -2.29. The van der Waals surface area contributed by atoms with Crippen molar-refractivity contribution in [3.8, 4) is 0 Å². The van der Waals surface area contributed by atoms with E-state index < -0.39 is 15.4 Å². The van der Waals surface area contributed by atoms with Gasteiger partial charge in [0.25, 0.3) is 11.4 Å². The minimum Gasteiger partial charge on any atom is -0.396 e. The summed E-state index contributed by atoms with van der Waals surface area (Å²) in [7, 11) is 0. The molecule has 1 atom stereocenters. The fourth-order valence-corrected chi connectivity index (χ4v) is 2.75. The number of aliphatic hydroxyl groups is 2. The molecule has 0 heterocycles. The quantitative estimate of drug-likeness (QED) is 0.572. The van der Waals surface area contributed by atoms with Crippen LogP contribution in [0.4, 0.5) is 11.4 Å². The second-order valence-corrected chi connectivity index (χ2v) is 5.82. The van der Waals surface area contributed by atoms with Gasteiger partial charge in [-0.1, -0.05) is 17.7 Å². The van der Waals surface area contributed by atoms with Gasteiger partial charge >= 0.3 is 0 Å². The molecule has 0 saturated carbocycles. The Morgan fingerprint density at radius 2 is 1.60 bits per heavy atom. The number of benzene rings is 2. The predicted molar refractivity (Wildman–Crippen MR) is 90.5 cm³/mol. The van der Waals surface area contributed by atoms with Crippen LogP contribution in [0.15, 0.2) is 42.5 Å². The third-order valence-corrected chi connectivity index (χ3v) is 4.19. The number of rotatable bonds is 7. The molecule has 0 aliphatic carbocycles. The van der Waals surface area contributed by atoms with Crippen molar-refractivity contribution >= 4 is 23.0 Å². The Balaban J connectivity index is 2.55. The van der Waals surface area contributed by atoms with Crippen molar-refractivity contribution in [3.05, 3.63) is 78.8 Å². The van der Waals surface area contributed by atoms with Crippen LogP contribution in [0, 0.1) is 20.2 Å². The van der Waals surface area contributed by atoms with Gasteiger partial charge in [-0.25, -0.2) is 0 Å². The molecule has 2 aromatic rings. The van der Waals surface area contributed by atoms with E-state index in [1.807, 2.05) is 0 Å². The zero-order valence-corrected chi connectivity index (χ0v) is 13.7. The molecule has 132 valence electrons. The van der Waals surface area contributed by atoms with Crippen LogP contribution in [0.5, 0.6) is 0 Å². The predicted octanol–water partition coefficient (Wildman–Crippen LogP) is 3.16. The molecule has 0 saturated heterocycles. The Kier molecular flexibility index (Phi) is 5.68. The van der Waals surface area contributed by atoms with Crippen molar-refractivity contribution in [1.82, 2.24) is 0 Å². The maximum atomic E-state index is 11.2. The van der Waals surface area contributed by atoms with Crippen LogP contribution in [0.2, 0.25) is 5.02 Å². The first-order chi connectivity index (χ1) is 11.8. The third kappa shape index (κ3) is 3.93. The molecule has 2 aromatic carbocycles. The summed E-state index contributed by atoms with van der Waals surface area (Å²) in [4.78, 5) is 20.7. The molecule has 0 spiro atoms. The van der Waals surface area contributed by atoms with Gasteiger partial charge in [-0.2, -0.15) is 0 Å². The SMILES string of the molecule is O=[N+]([O-])c1ccc(C(O)(CCCO)c2ccc(Cl)c([N+](=O)[O-])c2)cc1. The van der Waals surface area contributed by atoms with Gasteiger partial charge < -0.3 is 10.2 Å². The van der Waals surface area contributed by atoms with E-state index in [9.17, 15) is 25.3 Å². The average molecular weight is 367 g/mol. The summed E-state index contributed by atoms with van der Waals surface area (Å²) < 4.78 is 0. The van der Waals surface area contributed by atoms with Gasteiger partial charge in [0.2, 0.25) is 0 Å². The topological polar surface area (TPSA) is 127 Å². The van der Waals surface area contributed by atoms with Gasteiger partial charge in [-0.05, 0) is 42.2 Å². The summed E-state index contributed by atoms with van der Waals surface area (Å²) >= 11 is 5.81. The summed E-state index contributed by atoms with van der Waals surface area (Å²) in [6, 6.07) is 9.18. The van der Waals surface area contributed by atoms with E-state index in [1.54, 1.807) is 0 Å². The maximum Gasteiger partial charge on any atom is 0.288 e. The fourth-order valence-electron chi connectivity index (χ4n) is 2.56. The maximum absolute atomic E-state index is 11.2. The number of nitro groups is 2. The average Bonchev–Trinajstić information content (AvgIpc) is 2.59. The first-order valence-electron chi connectivity index (χ1n) is 7.32. The number of halogens is 1. The standard InChI is InChI=1S/C16H15ClN2O6/c17-14-7-4-12(10-15(14)19(24)25)16(21,8-1-9-20)11-2-5-13(6-3-11)18(22)23/h2-7,10,20-21H,1,8-9H2. The summed E-state index contributed by atoms with van der Waals surface area (Å²) in [5.74, 6) is 0. The Bertz CT molecular complexity index is 796. The van der Waals surface area contributed by atoms with Crippen molar-refractivity contribution in [2.45, 2.75) is 18.4 Å². The fraction of sp³-hybridized carbons (Fsp3) is 0.250. The highest BCUT2D eigenvalue weighted by molar-refractivity contribution is 6.32. The molecule has 25 heavy (non-hydrogen) atoms. The summed E-state index contributed by atoms with van der Waals surface area (Å²) in [5, 5.41) is 42.1. The second kappa shape index (κ2) is 7.56. The normalized spacial score (nSPS) is 13.2. The van der Waals surface area contributed by atoms with Gasteiger partial charge in [0.05, 0.1) is 9.85 Å². The molecule has 0 aliphatic heterocycles. The summed E-state index contributed by atoms with van der Waals surface area (Å²) in [6.45, 7) is -0.190. The minimum absolute atomic E-state index is 0.0676. The highest BCUT2D eigenvalue weighted by Crippen LogP contribution is 2.38. The van der Waals surface area contributed by atoms with Crippen LogP contribution < -0.4 is 0 Å². The monoisotopic (exact) mass is 366 g/mol. The van der Waals surface area contributed by atoms with Crippen molar-refractivity contribution in [2.24, 2.45) is 0 Å². The lowest BCUT2D eigenvalue weighted by Crippen LogP contribution is -2.28. The van der Waals surface area contributed by atoms with Crippen molar-refractivity contribution in [1.29, 1.82) is 0 Å². The zero-order chi connectivity index (χ0) is 18.6. The Morgan fingerprint density at radius 1 is 1.00 bits per heavy atom. The first kappa shape index (κ1) is 18.8. The van der Waals surface area contributed by atoms with Gasteiger partial charge in [0.1, 0.15) is 10.6 Å². The van der Waals surface area contributed by atoms with Gasteiger partial charge in [-0.15, -0.1) is 0 Å². The largest absolute Gasteiger partial charge is 0.396 e. The minimum atomic E-state index is -1.66. The lowest BCUT2D eigenvalue weighted by atomic mass is 9.82. The number of non-ortho nitro benzene ring substituents is 1. The molecule has 0 aromatic heterocycles. The van der Waals surface area contributed by atoms with E-state index in [0.29, 0.717) is 5.56 Å². The van der Waals surface area contributed by atoms with Crippen LogP contribution in [0.1, 0.15) is 24.0 Å². The number of nitrogens with zero attached hydrogens (tertiary/aromatic N) is 2. The Hall–Kier alpha value is -2.55. The number of hydrogen-bond donors (Lipinski definition) is 2. The smallest absolute Gasteiger partial charge is 0.288 e. The lowest BCUT2D eigenvalue weighted by molar-refractivity contribution is -0.385. The summed E-state index contributed by atoms with van der Waals surface area (Å²) in [5.41, 5.74) is -1.62. The molecular formula is C16H15ClN2O6. The van der Waals surface area contributed by atoms with Crippen molar-refractivity contribution in [2.75, 3.05) is 6.61 Å². The van der Waals surface area contributed by atoms with E-state index in [1.165, 1.54) is 42.5 Å². The van der Waals surface area contributed by atoms with E-state index >= 15 is 0 Å². The molecule has 0 radical (unpaired) electrons. The van der Waals surface area contributed by atoms with Gasteiger partial charge in [-0.3, -0.25) is 20.2 Å². The molecule has 2 N–H and O–H groups in total. The van der Waals surface area contributed by atoms with Crippen LogP contribution in [-0.2, 0) is 5.60 Å². The highest BCUT2D eigenvalue weighted by atomic mass is 35.5. The van der Waals surface area contributed by atoms with Crippen LogP contribution >= 0.6 is 11.6 Å². The van der Waals surface area contributed by atoms with E-state index in [2.05, 4.69) is 0 Å². The van der Waals surface area contributed by atoms with Crippen molar-refractivity contribution in [3.63, 3.8) is 0 Å². The molecule has 0 amide bonds. The van der Waals surface area contributed by atoms with Crippen LogP contribution in [-0.4, -0.2) is 26.7 Å². The molecule has 9 heteroatoms. The van der Waals surface area contributed by atoms with Crippen LogP contribution in [0.25, 0.3) is 0 Å². The van der Waals surface area contributed by atoms with Crippen LogP contribution in [0.3, 0.4) is 0 Å². The Labute approximate surface area is 147 Å². The first-order valence-corrected chi connectivity index (χ1v) is 7.70. The number of aliphatic hydroxyl groups excluding tert-OH is 1. The van der Waals surface area contributed by atoms with E-state index in [4.69, 9.17) is 16.7 Å². The summed E-state index contributed by atoms with van der Waals surface area (Å²) in [6.07, 6.45) is 0.296. The molecular weight excluding hydrogens is 352 g/mol. The van der Waals surface area contributed by atoms with E-state index in [0.717, 1.165) is 0 Å². The third-order valence-electron chi connectivity index (χ3n) is 3.87. The zero-order valence-electron chi connectivity index (χ0n) is 13.0. The molecule has 0 fully saturated rings. The second-order valence-electron chi connectivity index (χ2n) is 5.41. The number of nitro benzene ring substituents is 2. The van der Waals surface area contributed by atoms with Crippen molar-refractivity contribution < 1.29 is 20.1 Å². The Morgan fingerprint density at radius 3 is 2.12 bits per heavy atom. The molecule has 0 bridgehead atoms. The van der Waals surface area contributed by atoms with Gasteiger partial charge in [0.15, 0.2) is 0 Å².